The van der Waals surface area contributed by atoms with Gasteiger partial charge < -0.3 is 10.1 Å². The molecule has 1 rings (SSSR count). The van der Waals surface area contributed by atoms with E-state index in [-0.39, 0.29) is 0 Å². The summed E-state index contributed by atoms with van der Waals surface area (Å²) in [5.74, 6) is 0. The molecule has 1 N–H and O–H groups in total. The quantitative estimate of drug-likeness (QED) is 0.549. The lowest BCUT2D eigenvalue weighted by Gasteiger charge is -2.37. The highest BCUT2D eigenvalue weighted by atomic mass is 16.5. The fourth-order valence-corrected chi connectivity index (χ4v) is 1.26. The molecule has 1 aliphatic heterocycles. The topological polar surface area (TPSA) is 21.3 Å². The normalized spacial score (nSPS) is 49.2. The molecule has 1 fully saturated rings. The van der Waals surface area contributed by atoms with Crippen molar-refractivity contribution in [1.29, 1.82) is 0 Å². The molecule has 0 radical (unpaired) electrons. The van der Waals surface area contributed by atoms with Crippen molar-refractivity contribution in [3.05, 3.63) is 0 Å². The van der Waals surface area contributed by atoms with Crippen LogP contribution in [0.1, 0.15) is 27.7 Å². The van der Waals surface area contributed by atoms with Gasteiger partial charge in [-0.3, -0.25) is 0 Å². The number of rotatable bonds is 0. The van der Waals surface area contributed by atoms with Gasteiger partial charge in [0, 0.05) is 12.1 Å². The van der Waals surface area contributed by atoms with Gasteiger partial charge in [-0.15, -0.1) is 0 Å². The average molecular weight is 143 g/mol. The van der Waals surface area contributed by atoms with Crippen LogP contribution in [0.25, 0.3) is 0 Å². The first-order valence-corrected chi connectivity index (χ1v) is 4.02. The Morgan fingerprint density at radius 2 is 1.30 bits per heavy atom. The highest BCUT2D eigenvalue weighted by molar-refractivity contribution is 4.82. The molecule has 60 valence electrons. The lowest BCUT2D eigenvalue weighted by Crippen LogP contribution is -2.54. The number of hydrogen-bond acceptors (Lipinski definition) is 2. The zero-order valence-electron chi connectivity index (χ0n) is 7.22. The highest BCUT2D eigenvalue weighted by Gasteiger charge is 2.26. The van der Waals surface area contributed by atoms with Crippen molar-refractivity contribution in [2.24, 2.45) is 0 Å². The van der Waals surface area contributed by atoms with Gasteiger partial charge in [-0.05, 0) is 27.7 Å². The Hall–Kier alpha value is -0.0800. The van der Waals surface area contributed by atoms with E-state index >= 15 is 0 Å². The summed E-state index contributed by atoms with van der Waals surface area (Å²) >= 11 is 0. The summed E-state index contributed by atoms with van der Waals surface area (Å²) < 4.78 is 5.65. The van der Waals surface area contributed by atoms with Crippen LogP contribution >= 0.6 is 0 Å². The summed E-state index contributed by atoms with van der Waals surface area (Å²) in [6.07, 6.45) is 0.706. The van der Waals surface area contributed by atoms with Crippen molar-refractivity contribution >= 4 is 0 Å². The minimum absolute atomic E-state index is 0.353. The Kier molecular flexibility index (Phi) is 2.32. The summed E-state index contributed by atoms with van der Waals surface area (Å²) in [5.41, 5.74) is 0. The first-order valence-electron chi connectivity index (χ1n) is 4.02. The molecule has 10 heavy (non-hydrogen) atoms. The Labute approximate surface area is 63.0 Å². The zero-order valence-corrected chi connectivity index (χ0v) is 7.22. The van der Waals surface area contributed by atoms with E-state index in [2.05, 4.69) is 33.0 Å². The molecule has 0 aliphatic carbocycles. The Balaban J connectivity index is 2.46. The minimum atomic E-state index is 0.353. The van der Waals surface area contributed by atoms with Gasteiger partial charge in [0.2, 0.25) is 0 Å². The van der Waals surface area contributed by atoms with E-state index in [1.807, 2.05) is 0 Å². The molecular formula is C8H17NO. The Bertz CT molecular complexity index is 89.8. The first kappa shape index (κ1) is 8.02. The molecule has 1 aliphatic rings. The lowest BCUT2D eigenvalue weighted by atomic mass is 10.1. The summed E-state index contributed by atoms with van der Waals surface area (Å²) in [7, 11) is 0. The lowest BCUT2D eigenvalue weighted by molar-refractivity contribution is -0.0620. The van der Waals surface area contributed by atoms with E-state index < -0.39 is 0 Å². The molecule has 2 heteroatoms. The second-order valence-electron chi connectivity index (χ2n) is 3.29. The van der Waals surface area contributed by atoms with E-state index in [0.717, 1.165) is 0 Å². The van der Waals surface area contributed by atoms with Crippen LogP contribution in [0.15, 0.2) is 0 Å². The average Bonchev–Trinajstić information content (AvgIpc) is 1.84. The monoisotopic (exact) mass is 143 g/mol. The van der Waals surface area contributed by atoms with E-state index in [1.54, 1.807) is 0 Å². The molecule has 0 aromatic carbocycles. The summed E-state index contributed by atoms with van der Waals surface area (Å²) in [6.45, 7) is 8.54. The fourth-order valence-electron chi connectivity index (χ4n) is 1.26. The van der Waals surface area contributed by atoms with Gasteiger partial charge in [-0.25, -0.2) is 0 Å². The molecule has 0 aromatic rings. The van der Waals surface area contributed by atoms with Crippen LogP contribution in [0.2, 0.25) is 0 Å². The van der Waals surface area contributed by atoms with Crippen LogP contribution < -0.4 is 5.32 Å². The molecule has 0 spiro atoms. The van der Waals surface area contributed by atoms with Crippen molar-refractivity contribution in [2.45, 2.75) is 52.0 Å². The number of nitrogens with one attached hydrogen (secondary N) is 1. The Morgan fingerprint density at radius 3 is 1.60 bits per heavy atom. The molecule has 0 amide bonds. The van der Waals surface area contributed by atoms with E-state index in [4.69, 9.17) is 4.74 Å². The predicted octanol–water partition coefficient (Wildman–Crippen LogP) is 1.16. The molecule has 0 saturated carbocycles. The van der Waals surface area contributed by atoms with E-state index in [1.165, 1.54) is 0 Å². The van der Waals surface area contributed by atoms with Crippen LogP contribution in [0.4, 0.5) is 0 Å². The van der Waals surface area contributed by atoms with E-state index in [9.17, 15) is 0 Å². The zero-order chi connectivity index (χ0) is 7.72. The number of ether oxygens (including phenoxy) is 1. The van der Waals surface area contributed by atoms with Gasteiger partial charge in [-0.2, -0.15) is 0 Å². The van der Waals surface area contributed by atoms with Gasteiger partial charge in [0.05, 0.1) is 12.2 Å². The molecule has 2 nitrogen and oxygen atoms in total. The van der Waals surface area contributed by atoms with Crippen molar-refractivity contribution < 1.29 is 4.74 Å². The molecule has 1 heterocycles. The van der Waals surface area contributed by atoms with E-state index in [0.29, 0.717) is 24.3 Å². The first-order chi connectivity index (χ1) is 4.61. The standard InChI is InChI=1S/C8H17NO/c1-5-7(3)10-8(4)6(2)9-5/h5-9H,1-4H3. The summed E-state index contributed by atoms with van der Waals surface area (Å²) in [6, 6.07) is 0.984. The third-order valence-corrected chi connectivity index (χ3v) is 2.36. The van der Waals surface area contributed by atoms with Crippen LogP contribution in [-0.2, 0) is 4.74 Å². The van der Waals surface area contributed by atoms with Crippen molar-refractivity contribution in [2.75, 3.05) is 0 Å². The van der Waals surface area contributed by atoms with Crippen LogP contribution in [0.5, 0.6) is 0 Å². The van der Waals surface area contributed by atoms with Gasteiger partial charge >= 0.3 is 0 Å². The number of hydrogen-bond donors (Lipinski definition) is 1. The molecule has 4 unspecified atom stereocenters. The maximum atomic E-state index is 5.65. The van der Waals surface area contributed by atoms with Crippen molar-refractivity contribution in [3.63, 3.8) is 0 Å². The maximum absolute atomic E-state index is 5.65. The van der Waals surface area contributed by atoms with Crippen LogP contribution in [-0.4, -0.2) is 24.3 Å². The van der Waals surface area contributed by atoms with Crippen LogP contribution in [0.3, 0.4) is 0 Å². The second-order valence-corrected chi connectivity index (χ2v) is 3.29. The second kappa shape index (κ2) is 2.89. The van der Waals surface area contributed by atoms with Gasteiger partial charge in [0.15, 0.2) is 0 Å². The minimum Gasteiger partial charge on any atom is -0.372 e. The fraction of sp³-hybridized carbons (Fsp3) is 1.00. The SMILES string of the molecule is CC1NC(C)C(C)OC1C. The van der Waals surface area contributed by atoms with Gasteiger partial charge in [0.1, 0.15) is 0 Å². The molecule has 0 bridgehead atoms. The third kappa shape index (κ3) is 1.50. The molecule has 0 aromatic heterocycles. The predicted molar refractivity (Wildman–Crippen MR) is 42.1 cm³/mol. The van der Waals surface area contributed by atoms with Crippen molar-refractivity contribution in [3.8, 4) is 0 Å². The summed E-state index contributed by atoms with van der Waals surface area (Å²) in [5, 5.41) is 3.45. The largest absolute Gasteiger partial charge is 0.372 e. The molecule has 4 atom stereocenters. The highest BCUT2D eigenvalue weighted by Crippen LogP contribution is 2.12. The smallest absolute Gasteiger partial charge is 0.0701 e. The summed E-state index contributed by atoms with van der Waals surface area (Å²) in [4.78, 5) is 0. The third-order valence-electron chi connectivity index (χ3n) is 2.36. The molecule has 1 saturated heterocycles. The van der Waals surface area contributed by atoms with Gasteiger partial charge in [-0.1, -0.05) is 0 Å². The maximum Gasteiger partial charge on any atom is 0.0701 e. The Morgan fingerprint density at radius 1 is 0.900 bits per heavy atom. The van der Waals surface area contributed by atoms with Crippen LogP contribution in [0, 0.1) is 0 Å². The van der Waals surface area contributed by atoms with Crippen molar-refractivity contribution in [1.82, 2.24) is 5.32 Å². The molecular weight excluding hydrogens is 126 g/mol. The number of morpholine rings is 1. The van der Waals surface area contributed by atoms with Gasteiger partial charge in [0.25, 0.3) is 0 Å².